The molecule has 0 aromatic heterocycles. The van der Waals surface area contributed by atoms with E-state index >= 15 is 0 Å². The Morgan fingerprint density at radius 2 is 1.96 bits per heavy atom. The molecule has 3 aliphatic rings. The van der Waals surface area contributed by atoms with Crippen molar-refractivity contribution in [3.63, 3.8) is 0 Å². The lowest BCUT2D eigenvalue weighted by Gasteiger charge is -2.22. The minimum Gasteiger partial charge on any atom is -0.486 e. The summed E-state index contributed by atoms with van der Waals surface area (Å²) in [6.07, 6.45) is 0.542. The molecule has 26 heavy (non-hydrogen) atoms. The fraction of sp³-hybridized carbons (Fsp3) is 0.529. The van der Waals surface area contributed by atoms with Crippen molar-refractivity contribution < 1.29 is 27.5 Å². The second-order valence-electron chi connectivity index (χ2n) is 6.84. The summed E-state index contributed by atoms with van der Waals surface area (Å²) in [5.74, 6) is 0.422. The number of ether oxygens (including phenoxy) is 2. The second kappa shape index (κ2) is 6.46. The molecule has 1 N–H and O–H groups in total. The van der Waals surface area contributed by atoms with Gasteiger partial charge in [-0.15, -0.1) is 0 Å². The molecule has 3 heterocycles. The molecular weight excluding hydrogens is 360 g/mol. The fourth-order valence-corrected chi connectivity index (χ4v) is 5.23. The van der Waals surface area contributed by atoms with Gasteiger partial charge in [0.2, 0.25) is 11.8 Å². The van der Waals surface area contributed by atoms with Crippen molar-refractivity contribution in [2.75, 3.05) is 36.2 Å². The largest absolute Gasteiger partial charge is 0.486 e. The van der Waals surface area contributed by atoms with Gasteiger partial charge in [-0.05, 0) is 18.6 Å². The van der Waals surface area contributed by atoms with Crippen LogP contribution < -0.4 is 19.7 Å². The number of anilines is 1. The number of hydrogen-bond donors (Lipinski definition) is 1. The first-order valence-corrected chi connectivity index (χ1v) is 10.4. The number of benzene rings is 1. The number of amides is 2. The van der Waals surface area contributed by atoms with E-state index in [1.807, 2.05) is 0 Å². The Bertz CT molecular complexity index is 853. The Morgan fingerprint density at radius 1 is 1.19 bits per heavy atom. The van der Waals surface area contributed by atoms with Gasteiger partial charge in [-0.3, -0.25) is 9.59 Å². The highest BCUT2D eigenvalue weighted by Crippen LogP contribution is 2.36. The zero-order valence-electron chi connectivity index (χ0n) is 14.1. The van der Waals surface area contributed by atoms with Crippen molar-refractivity contribution in [1.82, 2.24) is 5.32 Å². The van der Waals surface area contributed by atoms with Crippen molar-refractivity contribution in [3.05, 3.63) is 18.2 Å². The first kappa shape index (κ1) is 17.1. The van der Waals surface area contributed by atoms with E-state index in [-0.39, 0.29) is 42.3 Å². The standard InChI is InChI=1S/C17H20N2O6S/c20-16-7-11(17(21)18-12-3-6-26(22,23)10-12)9-19(16)13-1-2-14-15(8-13)25-5-4-24-14/h1-2,8,11-12H,3-7,9-10H2,(H,18,21)/t11-,12+/m1/s1. The second-order valence-corrected chi connectivity index (χ2v) is 9.07. The molecule has 140 valence electrons. The zero-order chi connectivity index (χ0) is 18.3. The van der Waals surface area contributed by atoms with E-state index in [0.29, 0.717) is 36.8 Å². The van der Waals surface area contributed by atoms with Crippen molar-refractivity contribution in [3.8, 4) is 11.5 Å². The van der Waals surface area contributed by atoms with Gasteiger partial charge in [0, 0.05) is 30.8 Å². The molecule has 2 atom stereocenters. The molecule has 1 aromatic carbocycles. The maximum absolute atomic E-state index is 12.4. The van der Waals surface area contributed by atoms with Crippen molar-refractivity contribution in [1.29, 1.82) is 0 Å². The maximum Gasteiger partial charge on any atom is 0.227 e. The molecule has 8 nitrogen and oxygen atoms in total. The number of hydrogen-bond acceptors (Lipinski definition) is 6. The van der Waals surface area contributed by atoms with Gasteiger partial charge in [0.05, 0.1) is 17.4 Å². The van der Waals surface area contributed by atoms with E-state index in [1.165, 1.54) is 0 Å². The van der Waals surface area contributed by atoms with Gasteiger partial charge in [-0.2, -0.15) is 0 Å². The first-order valence-electron chi connectivity index (χ1n) is 8.62. The lowest BCUT2D eigenvalue weighted by atomic mass is 10.1. The summed E-state index contributed by atoms with van der Waals surface area (Å²) in [6, 6.07) is 4.92. The Balaban J connectivity index is 1.43. The van der Waals surface area contributed by atoms with E-state index in [1.54, 1.807) is 23.1 Å². The van der Waals surface area contributed by atoms with Crippen LogP contribution >= 0.6 is 0 Å². The van der Waals surface area contributed by atoms with Crippen LogP contribution in [0.15, 0.2) is 18.2 Å². The minimum atomic E-state index is -3.06. The highest BCUT2D eigenvalue weighted by molar-refractivity contribution is 7.91. The number of carbonyl (C=O) groups excluding carboxylic acids is 2. The Hall–Kier alpha value is -2.29. The van der Waals surface area contributed by atoms with Crippen LogP contribution in [0.4, 0.5) is 5.69 Å². The summed E-state index contributed by atoms with van der Waals surface area (Å²) in [5.41, 5.74) is 0.665. The number of fused-ring (bicyclic) bond motifs is 1. The molecule has 4 rings (SSSR count). The summed E-state index contributed by atoms with van der Waals surface area (Å²) in [4.78, 5) is 26.4. The topological polar surface area (TPSA) is 102 Å². The van der Waals surface area contributed by atoms with Crippen molar-refractivity contribution in [2.45, 2.75) is 18.9 Å². The van der Waals surface area contributed by atoms with E-state index < -0.39 is 15.8 Å². The number of carbonyl (C=O) groups is 2. The summed E-state index contributed by atoms with van der Waals surface area (Å²) in [5, 5.41) is 2.78. The van der Waals surface area contributed by atoms with Crippen LogP contribution in [0.5, 0.6) is 11.5 Å². The lowest BCUT2D eigenvalue weighted by Crippen LogP contribution is -2.40. The summed E-state index contributed by atoms with van der Waals surface area (Å²) < 4.78 is 34.0. The van der Waals surface area contributed by atoms with E-state index in [2.05, 4.69) is 5.32 Å². The predicted octanol–water partition coefficient (Wildman–Crippen LogP) is 0.114. The molecule has 0 spiro atoms. The van der Waals surface area contributed by atoms with Gasteiger partial charge < -0.3 is 19.7 Å². The Kier molecular flexibility index (Phi) is 4.26. The molecule has 0 unspecified atom stereocenters. The summed E-state index contributed by atoms with van der Waals surface area (Å²) in [7, 11) is -3.06. The third-order valence-corrected chi connectivity index (χ3v) is 6.68. The van der Waals surface area contributed by atoms with E-state index in [4.69, 9.17) is 9.47 Å². The van der Waals surface area contributed by atoms with Gasteiger partial charge >= 0.3 is 0 Å². The molecule has 3 aliphatic heterocycles. The van der Waals surface area contributed by atoms with Crippen LogP contribution in [0.2, 0.25) is 0 Å². The van der Waals surface area contributed by atoms with Crippen molar-refractivity contribution in [2.24, 2.45) is 5.92 Å². The highest BCUT2D eigenvalue weighted by Gasteiger charge is 2.37. The molecule has 2 amide bonds. The van der Waals surface area contributed by atoms with Crippen LogP contribution in [-0.4, -0.2) is 57.5 Å². The van der Waals surface area contributed by atoms with E-state index in [9.17, 15) is 18.0 Å². The van der Waals surface area contributed by atoms with Crippen LogP contribution in [0.3, 0.4) is 0 Å². The first-order chi connectivity index (χ1) is 12.4. The lowest BCUT2D eigenvalue weighted by molar-refractivity contribution is -0.126. The third-order valence-electron chi connectivity index (χ3n) is 4.91. The van der Waals surface area contributed by atoms with Gasteiger partial charge in [0.15, 0.2) is 21.3 Å². The van der Waals surface area contributed by atoms with Gasteiger partial charge in [-0.1, -0.05) is 0 Å². The normalized spacial score (nSPS) is 26.8. The smallest absolute Gasteiger partial charge is 0.227 e. The average Bonchev–Trinajstić information content (AvgIpc) is 3.16. The minimum absolute atomic E-state index is 0.0225. The molecule has 2 saturated heterocycles. The monoisotopic (exact) mass is 380 g/mol. The van der Waals surface area contributed by atoms with Crippen LogP contribution in [0, 0.1) is 5.92 Å². The van der Waals surface area contributed by atoms with E-state index in [0.717, 1.165) is 0 Å². The van der Waals surface area contributed by atoms with Gasteiger partial charge in [0.25, 0.3) is 0 Å². The average molecular weight is 380 g/mol. The number of nitrogens with one attached hydrogen (secondary N) is 1. The van der Waals surface area contributed by atoms with Crippen LogP contribution in [-0.2, 0) is 19.4 Å². The summed E-state index contributed by atoms with van der Waals surface area (Å²) in [6.45, 7) is 1.22. The fourth-order valence-electron chi connectivity index (χ4n) is 3.56. The SMILES string of the molecule is O=C(N[C@H]1CCS(=O)(=O)C1)[C@@H]1CC(=O)N(c2ccc3c(c2)OCCO3)C1. The molecular formula is C17H20N2O6S. The molecule has 1 aromatic rings. The third kappa shape index (κ3) is 3.35. The molecule has 0 saturated carbocycles. The zero-order valence-corrected chi connectivity index (χ0v) is 15.0. The quantitative estimate of drug-likeness (QED) is 0.799. The molecule has 0 aliphatic carbocycles. The number of nitrogens with zero attached hydrogens (tertiary/aromatic N) is 1. The van der Waals surface area contributed by atoms with Crippen LogP contribution in [0.1, 0.15) is 12.8 Å². The predicted molar refractivity (Wildman–Crippen MR) is 93.1 cm³/mol. The van der Waals surface area contributed by atoms with Crippen LogP contribution in [0.25, 0.3) is 0 Å². The maximum atomic E-state index is 12.4. The number of rotatable bonds is 3. The molecule has 9 heteroatoms. The van der Waals surface area contributed by atoms with Gasteiger partial charge in [-0.25, -0.2) is 8.42 Å². The number of sulfone groups is 1. The van der Waals surface area contributed by atoms with Crippen molar-refractivity contribution >= 4 is 27.3 Å². The Morgan fingerprint density at radius 3 is 2.69 bits per heavy atom. The summed E-state index contributed by atoms with van der Waals surface area (Å²) >= 11 is 0. The molecule has 0 bridgehead atoms. The highest BCUT2D eigenvalue weighted by atomic mass is 32.2. The molecule has 0 radical (unpaired) electrons. The molecule has 2 fully saturated rings. The Labute approximate surface area is 151 Å². The van der Waals surface area contributed by atoms with Gasteiger partial charge in [0.1, 0.15) is 13.2 Å².